The summed E-state index contributed by atoms with van der Waals surface area (Å²) in [5.74, 6) is 3.05. The SMILES string of the molecule is CN/C(C)=C(/C#Cc1c(F)ccc(N[S+]([O-])c2cc(Cl)ccc2Cl)c1F)C=N. The van der Waals surface area contributed by atoms with Crippen molar-refractivity contribution in [2.24, 2.45) is 0 Å². The summed E-state index contributed by atoms with van der Waals surface area (Å²) in [6.07, 6.45) is 0.979. The first-order valence-corrected chi connectivity index (χ1v) is 9.71. The number of benzene rings is 2. The Morgan fingerprint density at radius 2 is 1.96 bits per heavy atom. The summed E-state index contributed by atoms with van der Waals surface area (Å²) >= 11 is 9.93. The largest absolute Gasteiger partial charge is 0.588 e. The van der Waals surface area contributed by atoms with Crippen LogP contribution in [0.1, 0.15) is 12.5 Å². The Kier molecular flexibility index (Phi) is 7.72. The van der Waals surface area contributed by atoms with Crippen LogP contribution in [0.5, 0.6) is 0 Å². The van der Waals surface area contributed by atoms with E-state index in [2.05, 4.69) is 21.9 Å². The van der Waals surface area contributed by atoms with Gasteiger partial charge in [0.15, 0.2) is 10.7 Å². The molecule has 0 aliphatic rings. The van der Waals surface area contributed by atoms with Crippen LogP contribution in [0.25, 0.3) is 0 Å². The van der Waals surface area contributed by atoms with Crippen molar-refractivity contribution in [2.75, 3.05) is 11.8 Å². The zero-order chi connectivity index (χ0) is 20.8. The summed E-state index contributed by atoms with van der Waals surface area (Å²) in [4.78, 5) is 0.157. The standard InChI is InChI=1S/C19H15Cl2F2N3OS/c1-11(25-2)12(10-24)3-5-14-16(22)7-8-17(19(14)23)26-28(27)18-9-13(20)4-6-15(18)21/h4,6-10,24-26H,1-2H3/b12-11-,24-10?. The normalized spacial score (nSPS) is 12.4. The number of anilines is 1. The van der Waals surface area contributed by atoms with E-state index in [1.807, 2.05) is 0 Å². The lowest BCUT2D eigenvalue weighted by atomic mass is 10.1. The lowest BCUT2D eigenvalue weighted by Crippen LogP contribution is -2.15. The van der Waals surface area contributed by atoms with Gasteiger partial charge in [-0.25, -0.2) is 13.5 Å². The molecule has 0 aliphatic carbocycles. The Morgan fingerprint density at radius 3 is 2.61 bits per heavy atom. The van der Waals surface area contributed by atoms with Crippen molar-refractivity contribution in [1.82, 2.24) is 5.32 Å². The van der Waals surface area contributed by atoms with Gasteiger partial charge < -0.3 is 15.3 Å². The molecule has 28 heavy (non-hydrogen) atoms. The average molecular weight is 442 g/mol. The molecule has 0 aromatic heterocycles. The minimum Gasteiger partial charge on any atom is -0.588 e. The van der Waals surface area contributed by atoms with E-state index in [1.54, 1.807) is 14.0 Å². The van der Waals surface area contributed by atoms with Crippen molar-refractivity contribution < 1.29 is 13.3 Å². The summed E-state index contributed by atoms with van der Waals surface area (Å²) in [6, 6.07) is 6.49. The monoisotopic (exact) mass is 441 g/mol. The van der Waals surface area contributed by atoms with Gasteiger partial charge in [0.1, 0.15) is 22.9 Å². The Hall–Kier alpha value is -2.24. The molecule has 2 rings (SSSR count). The fourth-order valence-electron chi connectivity index (χ4n) is 2.02. The molecule has 3 N–H and O–H groups in total. The third kappa shape index (κ3) is 5.18. The molecule has 0 fully saturated rings. The van der Waals surface area contributed by atoms with Crippen molar-refractivity contribution in [3.63, 3.8) is 0 Å². The number of allylic oxidation sites excluding steroid dienone is 2. The zero-order valence-electron chi connectivity index (χ0n) is 14.8. The summed E-state index contributed by atoms with van der Waals surface area (Å²) in [5.41, 5.74) is 0.122. The molecule has 0 amide bonds. The predicted octanol–water partition coefficient (Wildman–Crippen LogP) is 4.90. The van der Waals surface area contributed by atoms with Crippen LogP contribution < -0.4 is 10.0 Å². The highest BCUT2D eigenvalue weighted by molar-refractivity contribution is 7.92. The second-order valence-corrected chi connectivity index (χ2v) is 7.44. The van der Waals surface area contributed by atoms with Gasteiger partial charge in [-0.2, -0.15) is 0 Å². The lowest BCUT2D eigenvalue weighted by Gasteiger charge is -2.14. The maximum Gasteiger partial charge on any atom is 0.199 e. The maximum atomic E-state index is 14.7. The maximum absolute atomic E-state index is 14.7. The molecule has 1 unspecified atom stereocenters. The molecule has 0 saturated heterocycles. The molecule has 1 atom stereocenters. The van der Waals surface area contributed by atoms with Crippen LogP contribution in [0.15, 0.2) is 46.5 Å². The molecule has 0 saturated carbocycles. The lowest BCUT2D eigenvalue weighted by molar-refractivity contribution is 0.578. The number of rotatable bonds is 5. The van der Waals surface area contributed by atoms with Gasteiger partial charge in [0, 0.05) is 30.0 Å². The molecule has 0 heterocycles. The molecular formula is C19H15Cl2F2N3OS. The van der Waals surface area contributed by atoms with Crippen LogP contribution in [0.2, 0.25) is 10.0 Å². The van der Waals surface area contributed by atoms with Crippen molar-refractivity contribution >= 4 is 46.5 Å². The molecule has 0 aliphatic heterocycles. The first-order valence-electron chi connectivity index (χ1n) is 7.81. The van der Waals surface area contributed by atoms with Crippen molar-refractivity contribution in [2.45, 2.75) is 11.8 Å². The Balaban J connectivity index is 2.40. The van der Waals surface area contributed by atoms with Crippen LogP contribution in [-0.4, -0.2) is 17.8 Å². The van der Waals surface area contributed by atoms with Gasteiger partial charge >= 0.3 is 0 Å². The molecule has 0 bridgehead atoms. The summed E-state index contributed by atoms with van der Waals surface area (Å²) in [7, 11) is 1.64. The minimum atomic E-state index is -1.94. The van der Waals surface area contributed by atoms with Crippen LogP contribution in [0, 0.1) is 28.9 Å². The molecule has 2 aromatic rings. The highest BCUT2D eigenvalue weighted by Gasteiger charge is 2.21. The quantitative estimate of drug-likeness (QED) is 0.351. The van der Waals surface area contributed by atoms with Gasteiger partial charge in [0.05, 0.1) is 16.2 Å². The second kappa shape index (κ2) is 9.80. The Morgan fingerprint density at radius 1 is 1.25 bits per heavy atom. The van der Waals surface area contributed by atoms with Gasteiger partial charge in [-0.05, 0) is 31.2 Å². The van der Waals surface area contributed by atoms with Gasteiger partial charge in [0.2, 0.25) is 0 Å². The average Bonchev–Trinajstić information content (AvgIpc) is 2.68. The Labute approximate surface area is 174 Å². The molecule has 4 nitrogen and oxygen atoms in total. The number of hydrogen-bond donors (Lipinski definition) is 3. The van der Waals surface area contributed by atoms with E-state index < -0.39 is 28.6 Å². The molecule has 2 aromatic carbocycles. The van der Waals surface area contributed by atoms with Crippen molar-refractivity contribution in [3.05, 3.63) is 68.8 Å². The van der Waals surface area contributed by atoms with E-state index in [0.29, 0.717) is 10.7 Å². The number of hydrogen-bond acceptors (Lipinski definition) is 4. The molecule has 0 spiro atoms. The summed E-state index contributed by atoms with van der Waals surface area (Å²) in [6.45, 7) is 1.68. The van der Waals surface area contributed by atoms with Gasteiger partial charge in [-0.3, -0.25) is 0 Å². The fourth-order valence-corrected chi connectivity index (χ4v) is 3.53. The van der Waals surface area contributed by atoms with Crippen LogP contribution in [0.4, 0.5) is 14.5 Å². The van der Waals surface area contributed by atoms with Crippen molar-refractivity contribution in [3.8, 4) is 11.8 Å². The molecule has 0 radical (unpaired) electrons. The minimum absolute atomic E-state index is 0.157. The van der Waals surface area contributed by atoms with E-state index in [4.69, 9.17) is 28.6 Å². The molecule has 9 heteroatoms. The van der Waals surface area contributed by atoms with Crippen LogP contribution in [-0.2, 0) is 11.4 Å². The summed E-state index contributed by atoms with van der Waals surface area (Å²) < 4.78 is 43.8. The molecule has 146 valence electrons. The van der Waals surface area contributed by atoms with E-state index in [-0.39, 0.29) is 21.2 Å². The topological polar surface area (TPSA) is 71.0 Å². The van der Waals surface area contributed by atoms with E-state index in [9.17, 15) is 13.3 Å². The first-order chi connectivity index (χ1) is 13.3. The van der Waals surface area contributed by atoms with Crippen molar-refractivity contribution in [1.29, 1.82) is 5.41 Å². The van der Waals surface area contributed by atoms with Gasteiger partial charge in [-0.1, -0.05) is 35.0 Å². The predicted molar refractivity (Wildman–Crippen MR) is 110 cm³/mol. The second-order valence-electron chi connectivity index (χ2n) is 5.41. The number of nitrogens with one attached hydrogen (secondary N) is 3. The zero-order valence-corrected chi connectivity index (χ0v) is 17.1. The fraction of sp³-hybridized carbons (Fsp3) is 0.105. The van der Waals surface area contributed by atoms with Crippen LogP contribution in [0.3, 0.4) is 0 Å². The highest BCUT2D eigenvalue weighted by atomic mass is 35.5. The van der Waals surface area contributed by atoms with E-state index in [1.165, 1.54) is 18.2 Å². The third-order valence-electron chi connectivity index (χ3n) is 3.63. The van der Waals surface area contributed by atoms with Gasteiger partial charge in [0.25, 0.3) is 0 Å². The van der Waals surface area contributed by atoms with E-state index >= 15 is 0 Å². The number of halogens is 4. The van der Waals surface area contributed by atoms with E-state index in [0.717, 1.165) is 18.3 Å². The summed E-state index contributed by atoms with van der Waals surface area (Å²) in [5, 5.41) is 10.6. The third-order valence-corrected chi connectivity index (χ3v) is 5.45. The Bertz CT molecular complexity index is 1000. The van der Waals surface area contributed by atoms with Crippen LogP contribution >= 0.6 is 23.2 Å². The first kappa shape index (κ1) is 22.1. The smallest absolute Gasteiger partial charge is 0.199 e. The van der Waals surface area contributed by atoms with Gasteiger partial charge in [-0.15, -0.1) is 0 Å². The molecular weight excluding hydrogens is 427 g/mol. The highest BCUT2D eigenvalue weighted by Crippen LogP contribution is 2.28.